The Labute approximate surface area is 136 Å². The van der Waals surface area contributed by atoms with E-state index in [1.54, 1.807) is 0 Å². The number of carbonyl (C=O) groups excluding carboxylic acids is 3. The highest BCUT2D eigenvalue weighted by Crippen LogP contribution is 2.02. The van der Waals surface area contributed by atoms with Crippen LogP contribution in [0.5, 0.6) is 0 Å². The molecule has 0 heterocycles. The van der Waals surface area contributed by atoms with Gasteiger partial charge in [0.2, 0.25) is 11.8 Å². The first-order valence-electron chi connectivity index (χ1n) is 7.60. The Morgan fingerprint density at radius 2 is 1.78 bits per heavy atom. The molecule has 2 atom stereocenters. The Balaban J connectivity index is 3.84. The van der Waals surface area contributed by atoms with E-state index in [1.807, 2.05) is 19.3 Å². The summed E-state index contributed by atoms with van der Waals surface area (Å²) >= 11 is 0. The van der Waals surface area contributed by atoms with Gasteiger partial charge >= 0.3 is 5.97 Å². The minimum absolute atomic E-state index is 0.0353. The SMILES string of the molecule is COC(=O)CNC(=O)[C@@H](N)CCCCNC(=O)[C@@H](NO)C(C)C. The summed E-state index contributed by atoms with van der Waals surface area (Å²) in [6.45, 7) is 3.86. The average molecular weight is 332 g/mol. The number of unbranched alkanes of at least 4 members (excludes halogenated alkanes) is 1. The lowest BCUT2D eigenvalue weighted by Gasteiger charge is -2.18. The zero-order valence-corrected chi connectivity index (χ0v) is 13.9. The van der Waals surface area contributed by atoms with Crippen LogP contribution in [-0.2, 0) is 19.1 Å². The van der Waals surface area contributed by atoms with Crippen LogP contribution in [0.1, 0.15) is 33.1 Å². The van der Waals surface area contributed by atoms with E-state index in [-0.39, 0.29) is 18.4 Å². The van der Waals surface area contributed by atoms with Gasteiger partial charge in [-0.25, -0.2) is 0 Å². The number of rotatable bonds is 11. The fraction of sp³-hybridized carbons (Fsp3) is 0.786. The highest BCUT2D eigenvalue weighted by Gasteiger charge is 2.20. The summed E-state index contributed by atoms with van der Waals surface area (Å²) in [6.07, 6.45) is 1.74. The third-order valence-corrected chi connectivity index (χ3v) is 3.30. The third kappa shape index (κ3) is 9.11. The number of ether oxygens (including phenoxy) is 1. The van der Waals surface area contributed by atoms with Crippen LogP contribution in [0.2, 0.25) is 0 Å². The molecule has 0 aliphatic heterocycles. The molecule has 0 aliphatic carbocycles. The van der Waals surface area contributed by atoms with Crippen LogP contribution in [0.3, 0.4) is 0 Å². The fourth-order valence-electron chi connectivity index (χ4n) is 1.81. The van der Waals surface area contributed by atoms with Crippen molar-refractivity contribution in [3.05, 3.63) is 0 Å². The molecule has 23 heavy (non-hydrogen) atoms. The van der Waals surface area contributed by atoms with Crippen molar-refractivity contribution in [1.29, 1.82) is 0 Å². The lowest BCUT2D eigenvalue weighted by molar-refractivity contribution is -0.141. The number of nitrogens with two attached hydrogens (primary N) is 1. The highest BCUT2D eigenvalue weighted by molar-refractivity contribution is 5.85. The van der Waals surface area contributed by atoms with Gasteiger partial charge in [-0.2, -0.15) is 5.48 Å². The third-order valence-electron chi connectivity index (χ3n) is 3.30. The highest BCUT2D eigenvalue weighted by atomic mass is 16.5. The number of nitrogens with one attached hydrogen (secondary N) is 3. The normalized spacial score (nSPS) is 13.3. The van der Waals surface area contributed by atoms with Crippen molar-refractivity contribution >= 4 is 17.8 Å². The summed E-state index contributed by atoms with van der Waals surface area (Å²) < 4.78 is 4.40. The van der Waals surface area contributed by atoms with E-state index in [2.05, 4.69) is 15.4 Å². The Bertz CT molecular complexity index is 389. The van der Waals surface area contributed by atoms with Gasteiger partial charge in [-0.05, 0) is 25.2 Å². The maximum Gasteiger partial charge on any atom is 0.325 e. The Morgan fingerprint density at radius 3 is 2.30 bits per heavy atom. The van der Waals surface area contributed by atoms with Crippen molar-refractivity contribution in [2.75, 3.05) is 20.2 Å². The molecule has 0 fully saturated rings. The molecular formula is C14H28N4O5. The van der Waals surface area contributed by atoms with Crippen LogP contribution >= 0.6 is 0 Å². The van der Waals surface area contributed by atoms with Crippen LogP contribution in [-0.4, -0.2) is 55.3 Å². The number of hydrogen-bond donors (Lipinski definition) is 5. The largest absolute Gasteiger partial charge is 0.468 e. The van der Waals surface area contributed by atoms with E-state index in [0.29, 0.717) is 25.8 Å². The molecule has 0 bridgehead atoms. The predicted molar refractivity (Wildman–Crippen MR) is 83.4 cm³/mol. The van der Waals surface area contributed by atoms with Gasteiger partial charge in [-0.1, -0.05) is 13.8 Å². The molecule has 0 aromatic heterocycles. The Kier molecular flexibility index (Phi) is 10.9. The Morgan fingerprint density at radius 1 is 1.13 bits per heavy atom. The lowest BCUT2D eigenvalue weighted by Crippen LogP contribution is -2.46. The molecule has 9 nitrogen and oxygen atoms in total. The molecule has 6 N–H and O–H groups in total. The van der Waals surface area contributed by atoms with Crippen LogP contribution in [0.15, 0.2) is 0 Å². The number of methoxy groups -OCH3 is 1. The minimum Gasteiger partial charge on any atom is -0.468 e. The molecule has 0 spiro atoms. The first-order valence-corrected chi connectivity index (χ1v) is 7.60. The van der Waals surface area contributed by atoms with Crippen LogP contribution in [0.25, 0.3) is 0 Å². The fourth-order valence-corrected chi connectivity index (χ4v) is 1.81. The van der Waals surface area contributed by atoms with Gasteiger partial charge < -0.3 is 26.3 Å². The molecule has 0 aromatic rings. The smallest absolute Gasteiger partial charge is 0.325 e. The number of carbonyl (C=O) groups is 3. The second-order valence-electron chi connectivity index (χ2n) is 5.54. The number of hydroxylamine groups is 1. The van der Waals surface area contributed by atoms with Crippen molar-refractivity contribution in [3.63, 3.8) is 0 Å². The molecule has 0 aliphatic rings. The molecular weight excluding hydrogens is 304 g/mol. The number of esters is 1. The van der Waals surface area contributed by atoms with Gasteiger partial charge in [0.25, 0.3) is 0 Å². The van der Waals surface area contributed by atoms with E-state index in [4.69, 9.17) is 10.9 Å². The predicted octanol–water partition coefficient (Wildman–Crippen LogP) is -1.11. The standard InChI is InChI=1S/C14H28N4O5/c1-9(2)12(18-22)14(21)16-7-5-4-6-10(15)13(20)17-8-11(19)23-3/h9-10,12,18,22H,4-8,15H2,1-3H3,(H,16,21)(H,17,20)/t10-,12-/m0/s1. The van der Waals surface area contributed by atoms with Crippen molar-refractivity contribution in [1.82, 2.24) is 16.1 Å². The first-order chi connectivity index (χ1) is 10.8. The summed E-state index contributed by atoms with van der Waals surface area (Å²) in [5, 5.41) is 14.0. The molecule has 0 unspecified atom stereocenters. The minimum atomic E-state index is -0.710. The molecule has 0 rings (SSSR count). The molecule has 0 radical (unpaired) electrons. The van der Waals surface area contributed by atoms with Gasteiger partial charge in [0, 0.05) is 6.54 Å². The molecule has 0 aromatic carbocycles. The first kappa shape index (κ1) is 21.3. The summed E-state index contributed by atoms with van der Waals surface area (Å²) in [5.74, 6) is -1.26. The maximum absolute atomic E-state index is 11.7. The number of hydrogen-bond acceptors (Lipinski definition) is 7. The molecule has 9 heteroatoms. The van der Waals surface area contributed by atoms with E-state index in [9.17, 15) is 14.4 Å². The number of amides is 2. The topological polar surface area (TPSA) is 143 Å². The molecule has 134 valence electrons. The van der Waals surface area contributed by atoms with Gasteiger partial charge in [-0.3, -0.25) is 14.4 Å². The molecule has 0 saturated heterocycles. The van der Waals surface area contributed by atoms with E-state index in [1.165, 1.54) is 7.11 Å². The van der Waals surface area contributed by atoms with Gasteiger partial charge in [0.05, 0.1) is 13.2 Å². The van der Waals surface area contributed by atoms with Gasteiger partial charge in [-0.15, -0.1) is 0 Å². The summed E-state index contributed by atoms with van der Waals surface area (Å²) in [5.41, 5.74) is 7.68. The zero-order chi connectivity index (χ0) is 17.8. The average Bonchev–Trinajstić information content (AvgIpc) is 2.51. The molecule has 2 amide bonds. The Hall–Kier alpha value is -1.71. The van der Waals surface area contributed by atoms with Crippen molar-refractivity contribution in [2.45, 2.75) is 45.2 Å². The van der Waals surface area contributed by atoms with Crippen molar-refractivity contribution in [3.8, 4) is 0 Å². The maximum atomic E-state index is 11.7. The van der Waals surface area contributed by atoms with E-state index in [0.717, 1.165) is 0 Å². The van der Waals surface area contributed by atoms with Crippen LogP contribution < -0.4 is 21.8 Å². The van der Waals surface area contributed by atoms with E-state index < -0.39 is 24.0 Å². The lowest BCUT2D eigenvalue weighted by atomic mass is 10.0. The van der Waals surface area contributed by atoms with Crippen molar-refractivity contribution in [2.24, 2.45) is 11.7 Å². The van der Waals surface area contributed by atoms with Gasteiger partial charge in [0.15, 0.2) is 0 Å². The van der Waals surface area contributed by atoms with Crippen molar-refractivity contribution < 1.29 is 24.3 Å². The second kappa shape index (κ2) is 11.8. The quantitative estimate of drug-likeness (QED) is 0.183. The summed E-state index contributed by atoms with van der Waals surface area (Å²) in [4.78, 5) is 34.2. The van der Waals surface area contributed by atoms with Crippen LogP contribution in [0.4, 0.5) is 0 Å². The zero-order valence-electron chi connectivity index (χ0n) is 13.9. The summed E-state index contributed by atoms with van der Waals surface area (Å²) in [6, 6.07) is -1.36. The second-order valence-corrected chi connectivity index (χ2v) is 5.54. The molecule has 0 saturated carbocycles. The summed E-state index contributed by atoms with van der Waals surface area (Å²) in [7, 11) is 1.23. The van der Waals surface area contributed by atoms with E-state index >= 15 is 0 Å². The monoisotopic (exact) mass is 332 g/mol. The van der Waals surface area contributed by atoms with Gasteiger partial charge in [0.1, 0.15) is 12.6 Å². The van der Waals surface area contributed by atoms with Crippen LogP contribution in [0, 0.1) is 5.92 Å².